The highest BCUT2D eigenvalue weighted by Gasteiger charge is 2.43. The standard InChI is InChI=1S/C25H28ClN3O5S/c1-17(24(31)27-20-7-3-2-4-8-20)28(15-18-11-13-19(26)14-12-18)23(30)16-29-25(32)21-9-5-6-10-22(21)35(29,33)34/h5-6,9-14,17,20H,2-4,7-8,15-16H2,1H3,(H,27,31)/t17-/m0/s1. The van der Waals surface area contributed by atoms with Crippen LogP contribution < -0.4 is 5.32 Å². The van der Waals surface area contributed by atoms with E-state index in [1.54, 1.807) is 37.3 Å². The van der Waals surface area contributed by atoms with Crippen molar-refractivity contribution in [3.05, 3.63) is 64.7 Å². The monoisotopic (exact) mass is 517 g/mol. The van der Waals surface area contributed by atoms with Gasteiger partial charge in [0.25, 0.3) is 15.9 Å². The minimum atomic E-state index is -4.15. The molecule has 4 rings (SSSR count). The first-order chi connectivity index (χ1) is 16.7. The average Bonchev–Trinajstić information content (AvgIpc) is 3.04. The zero-order chi connectivity index (χ0) is 25.2. The molecule has 1 N–H and O–H groups in total. The molecule has 8 nitrogen and oxygen atoms in total. The van der Waals surface area contributed by atoms with Gasteiger partial charge in [0.15, 0.2) is 0 Å². The molecule has 35 heavy (non-hydrogen) atoms. The van der Waals surface area contributed by atoms with E-state index in [-0.39, 0.29) is 29.0 Å². The summed E-state index contributed by atoms with van der Waals surface area (Å²) in [6.45, 7) is 0.982. The van der Waals surface area contributed by atoms with Crippen LogP contribution in [0, 0.1) is 0 Å². The largest absolute Gasteiger partial charge is 0.352 e. The number of halogens is 1. The van der Waals surface area contributed by atoms with Crippen LogP contribution in [0.2, 0.25) is 5.02 Å². The van der Waals surface area contributed by atoms with E-state index < -0.39 is 34.4 Å². The predicted octanol–water partition coefficient (Wildman–Crippen LogP) is 3.35. The lowest BCUT2D eigenvalue weighted by Gasteiger charge is -2.32. The smallest absolute Gasteiger partial charge is 0.269 e. The predicted molar refractivity (Wildman–Crippen MR) is 131 cm³/mol. The molecule has 0 radical (unpaired) electrons. The molecule has 3 amide bonds. The van der Waals surface area contributed by atoms with Gasteiger partial charge in [0.05, 0.1) is 5.56 Å². The minimum Gasteiger partial charge on any atom is -0.352 e. The minimum absolute atomic E-state index is 0.0349. The molecule has 0 unspecified atom stereocenters. The number of amides is 3. The van der Waals surface area contributed by atoms with Crippen molar-refractivity contribution in [3.63, 3.8) is 0 Å². The molecule has 1 fully saturated rings. The quantitative estimate of drug-likeness (QED) is 0.606. The fraction of sp³-hybridized carbons (Fsp3) is 0.400. The molecule has 1 saturated carbocycles. The zero-order valence-electron chi connectivity index (χ0n) is 19.4. The van der Waals surface area contributed by atoms with Crippen LogP contribution in [0.3, 0.4) is 0 Å². The first-order valence-electron chi connectivity index (χ1n) is 11.7. The lowest BCUT2D eigenvalue weighted by Crippen LogP contribution is -2.52. The summed E-state index contributed by atoms with van der Waals surface area (Å²) in [7, 11) is -4.15. The van der Waals surface area contributed by atoms with E-state index in [0.29, 0.717) is 9.33 Å². The van der Waals surface area contributed by atoms with E-state index in [1.165, 1.54) is 23.1 Å². The summed E-state index contributed by atoms with van der Waals surface area (Å²) < 4.78 is 26.5. The molecule has 10 heteroatoms. The first kappa shape index (κ1) is 25.2. The Bertz CT molecular complexity index is 1230. The topological polar surface area (TPSA) is 104 Å². The van der Waals surface area contributed by atoms with Crippen molar-refractivity contribution < 1.29 is 22.8 Å². The summed E-state index contributed by atoms with van der Waals surface area (Å²) in [6, 6.07) is 11.9. The third kappa shape index (κ3) is 5.36. The third-order valence-electron chi connectivity index (χ3n) is 6.58. The number of fused-ring (bicyclic) bond motifs is 1. The van der Waals surface area contributed by atoms with Gasteiger partial charge in [0.2, 0.25) is 11.8 Å². The number of nitrogens with one attached hydrogen (secondary N) is 1. The molecule has 1 aliphatic heterocycles. The number of sulfonamides is 1. The van der Waals surface area contributed by atoms with Crippen molar-refractivity contribution in [2.75, 3.05) is 6.54 Å². The lowest BCUT2D eigenvalue weighted by molar-refractivity contribution is -0.140. The van der Waals surface area contributed by atoms with Gasteiger partial charge in [0.1, 0.15) is 17.5 Å². The summed E-state index contributed by atoms with van der Waals surface area (Å²) in [6.07, 6.45) is 5.01. The fourth-order valence-corrected chi connectivity index (χ4v) is 6.18. The van der Waals surface area contributed by atoms with E-state index in [0.717, 1.165) is 37.7 Å². The summed E-state index contributed by atoms with van der Waals surface area (Å²) in [5.74, 6) is -1.70. The molecule has 2 aliphatic rings. The lowest BCUT2D eigenvalue weighted by atomic mass is 9.95. The molecule has 2 aromatic rings. The number of nitrogens with zero attached hydrogens (tertiary/aromatic N) is 2. The second kappa shape index (κ2) is 10.4. The number of hydrogen-bond donors (Lipinski definition) is 1. The van der Waals surface area contributed by atoms with Crippen molar-refractivity contribution in [2.45, 2.75) is 62.6 Å². The Morgan fingerprint density at radius 2 is 1.74 bits per heavy atom. The van der Waals surface area contributed by atoms with Crippen LogP contribution in [0.5, 0.6) is 0 Å². The molecular formula is C25H28ClN3O5S. The van der Waals surface area contributed by atoms with Crippen LogP contribution in [0.25, 0.3) is 0 Å². The van der Waals surface area contributed by atoms with Gasteiger partial charge in [-0.3, -0.25) is 14.4 Å². The number of hydrogen-bond acceptors (Lipinski definition) is 5. The van der Waals surface area contributed by atoms with Crippen LogP contribution in [0.4, 0.5) is 0 Å². The summed E-state index contributed by atoms with van der Waals surface area (Å²) >= 11 is 5.98. The molecule has 0 aromatic heterocycles. The Balaban J connectivity index is 1.56. The maximum absolute atomic E-state index is 13.5. The number of carbonyl (C=O) groups excluding carboxylic acids is 3. The SMILES string of the molecule is C[C@@H](C(=O)NC1CCCCC1)N(Cc1ccc(Cl)cc1)C(=O)CN1C(=O)c2ccccc2S1(=O)=O. The maximum atomic E-state index is 13.5. The maximum Gasteiger partial charge on any atom is 0.269 e. The highest BCUT2D eigenvalue weighted by atomic mass is 35.5. The second-order valence-electron chi connectivity index (χ2n) is 8.98. The molecule has 1 heterocycles. The highest BCUT2D eigenvalue weighted by molar-refractivity contribution is 7.90. The van der Waals surface area contributed by atoms with Gasteiger partial charge in [-0.15, -0.1) is 0 Å². The van der Waals surface area contributed by atoms with E-state index in [2.05, 4.69) is 5.32 Å². The van der Waals surface area contributed by atoms with Gasteiger partial charge in [-0.2, -0.15) is 0 Å². The van der Waals surface area contributed by atoms with Crippen molar-refractivity contribution in [1.82, 2.24) is 14.5 Å². The number of benzene rings is 2. The average molecular weight is 518 g/mol. The number of rotatable bonds is 7. The first-order valence-corrected chi connectivity index (χ1v) is 13.5. The summed E-state index contributed by atoms with van der Waals surface area (Å²) in [5, 5.41) is 3.56. The van der Waals surface area contributed by atoms with Gasteiger partial charge in [0, 0.05) is 17.6 Å². The zero-order valence-corrected chi connectivity index (χ0v) is 21.0. The highest BCUT2D eigenvalue weighted by Crippen LogP contribution is 2.30. The summed E-state index contributed by atoms with van der Waals surface area (Å²) in [5.41, 5.74) is 0.756. The Morgan fingerprint density at radius 1 is 1.09 bits per heavy atom. The van der Waals surface area contributed by atoms with Gasteiger partial charge in [-0.1, -0.05) is 55.1 Å². The normalized spacial score (nSPS) is 18.1. The van der Waals surface area contributed by atoms with Crippen LogP contribution in [0.1, 0.15) is 54.9 Å². The van der Waals surface area contributed by atoms with Gasteiger partial charge in [-0.05, 0) is 49.6 Å². The fourth-order valence-electron chi connectivity index (χ4n) is 4.54. The van der Waals surface area contributed by atoms with Crippen molar-refractivity contribution in [3.8, 4) is 0 Å². The Morgan fingerprint density at radius 3 is 2.40 bits per heavy atom. The molecule has 0 bridgehead atoms. The van der Waals surface area contributed by atoms with E-state index in [1.807, 2.05) is 0 Å². The van der Waals surface area contributed by atoms with Crippen LogP contribution in [-0.4, -0.2) is 54.0 Å². The Hall–Kier alpha value is -2.91. The molecule has 0 saturated heterocycles. The van der Waals surface area contributed by atoms with Crippen LogP contribution in [-0.2, 0) is 26.2 Å². The molecule has 1 aliphatic carbocycles. The second-order valence-corrected chi connectivity index (χ2v) is 11.2. The number of carbonyl (C=O) groups is 3. The molecule has 1 atom stereocenters. The van der Waals surface area contributed by atoms with E-state index in [4.69, 9.17) is 11.6 Å². The summed E-state index contributed by atoms with van der Waals surface area (Å²) in [4.78, 5) is 40.5. The van der Waals surface area contributed by atoms with Gasteiger partial charge < -0.3 is 10.2 Å². The molecule has 0 spiro atoms. The Kier molecular flexibility index (Phi) is 7.47. The molecule has 186 valence electrons. The molecular weight excluding hydrogens is 490 g/mol. The van der Waals surface area contributed by atoms with Crippen molar-refractivity contribution in [2.24, 2.45) is 0 Å². The van der Waals surface area contributed by atoms with Crippen LogP contribution >= 0.6 is 11.6 Å². The van der Waals surface area contributed by atoms with E-state index in [9.17, 15) is 22.8 Å². The molecule has 2 aromatic carbocycles. The van der Waals surface area contributed by atoms with Crippen molar-refractivity contribution in [1.29, 1.82) is 0 Å². The third-order valence-corrected chi connectivity index (χ3v) is 8.61. The van der Waals surface area contributed by atoms with Gasteiger partial charge >= 0.3 is 0 Å². The Labute approximate surface area is 210 Å². The van der Waals surface area contributed by atoms with E-state index >= 15 is 0 Å². The van der Waals surface area contributed by atoms with Crippen LogP contribution in [0.15, 0.2) is 53.4 Å². The van der Waals surface area contributed by atoms with Gasteiger partial charge in [-0.25, -0.2) is 12.7 Å². The van der Waals surface area contributed by atoms with Crippen molar-refractivity contribution >= 4 is 39.3 Å².